The topological polar surface area (TPSA) is 63.9 Å². The third-order valence-corrected chi connectivity index (χ3v) is 3.09. The van der Waals surface area contributed by atoms with Crippen molar-refractivity contribution in [1.82, 2.24) is 0 Å². The van der Waals surface area contributed by atoms with Gasteiger partial charge in [0.25, 0.3) is 0 Å². The zero-order valence-electron chi connectivity index (χ0n) is 13.3. The van der Waals surface area contributed by atoms with Gasteiger partial charge in [0.1, 0.15) is 5.75 Å². The third-order valence-electron chi connectivity index (χ3n) is 3.09. The van der Waals surface area contributed by atoms with E-state index in [4.69, 9.17) is 0 Å². The summed E-state index contributed by atoms with van der Waals surface area (Å²) in [6.07, 6.45) is 1.81. The first-order valence-corrected chi connectivity index (χ1v) is 6.76. The molecule has 0 radical (unpaired) electrons. The molecule has 1 aromatic heterocycles. The summed E-state index contributed by atoms with van der Waals surface area (Å²) in [6.45, 7) is 5.99. The monoisotopic (exact) mass is 406 g/mol. The fourth-order valence-electron chi connectivity index (χ4n) is 1.98. The predicted molar refractivity (Wildman–Crippen MR) is 77.4 cm³/mol. The normalized spacial score (nSPS) is 9.48. The van der Waals surface area contributed by atoms with Crippen molar-refractivity contribution in [1.29, 1.82) is 0 Å². The molecule has 0 aliphatic heterocycles. The van der Waals surface area contributed by atoms with E-state index in [0.717, 1.165) is 24.6 Å². The Hall–Kier alpha value is -1.23. The molecular formula is C15H20Cl2N4OZn+2. The van der Waals surface area contributed by atoms with E-state index in [1.807, 2.05) is 24.3 Å². The number of hydrogen-bond acceptors (Lipinski definition) is 3. The predicted octanol–water partition coefficient (Wildman–Crippen LogP) is -4.45. The van der Waals surface area contributed by atoms with Crippen molar-refractivity contribution in [3.05, 3.63) is 42.6 Å². The van der Waals surface area contributed by atoms with Crippen LogP contribution in [0.15, 0.2) is 47.7 Å². The minimum atomic E-state index is 0. The van der Waals surface area contributed by atoms with Crippen LogP contribution in [0.5, 0.6) is 5.75 Å². The Morgan fingerprint density at radius 1 is 1.13 bits per heavy atom. The molecule has 8 heteroatoms. The van der Waals surface area contributed by atoms with E-state index in [0.29, 0.717) is 5.69 Å². The van der Waals surface area contributed by atoms with Gasteiger partial charge in [-0.15, -0.1) is 0 Å². The summed E-state index contributed by atoms with van der Waals surface area (Å²) in [4.78, 5) is 5.18. The number of phenols is 1. The number of azo groups is 1. The summed E-state index contributed by atoms with van der Waals surface area (Å²) in [5, 5.41) is 17.1. The van der Waals surface area contributed by atoms with Gasteiger partial charge in [-0.3, -0.25) is 0 Å². The molecule has 5 nitrogen and oxygen atoms in total. The Balaban J connectivity index is 0. The molecular weight excluding hydrogens is 388 g/mol. The van der Waals surface area contributed by atoms with Crippen molar-refractivity contribution in [2.75, 3.05) is 18.0 Å². The number of phenolic OH excluding ortho intramolecular Hbond substituents is 1. The van der Waals surface area contributed by atoms with Crippen molar-refractivity contribution in [3.63, 3.8) is 0 Å². The Labute approximate surface area is 161 Å². The summed E-state index contributed by atoms with van der Waals surface area (Å²) in [6, 6.07) is 11.2. The van der Waals surface area contributed by atoms with E-state index < -0.39 is 0 Å². The molecule has 3 N–H and O–H groups in total. The van der Waals surface area contributed by atoms with Gasteiger partial charge in [0.2, 0.25) is 0 Å². The van der Waals surface area contributed by atoms with Crippen LogP contribution in [-0.4, -0.2) is 18.2 Å². The third kappa shape index (κ3) is 6.82. The molecule has 0 saturated carbocycles. The van der Waals surface area contributed by atoms with Gasteiger partial charge < -0.3 is 34.8 Å². The maximum atomic E-state index is 10.0. The number of aromatic amines is 1. The van der Waals surface area contributed by atoms with Crippen molar-refractivity contribution in [2.45, 2.75) is 13.8 Å². The number of aromatic nitrogens is 1. The van der Waals surface area contributed by atoms with E-state index >= 15 is 0 Å². The SMILES string of the molecule is CCN(CC)c1ccc(N=[NH+]c2cccc[nH+]2)c(O)c1.[Cl-].[Cl-].[Zn+2]. The average molecular weight is 409 g/mol. The number of rotatable bonds is 5. The van der Waals surface area contributed by atoms with Gasteiger partial charge >= 0.3 is 25.3 Å². The Morgan fingerprint density at radius 3 is 2.35 bits per heavy atom. The van der Waals surface area contributed by atoms with Gasteiger partial charge in [-0.1, -0.05) is 0 Å². The van der Waals surface area contributed by atoms with Crippen LogP contribution in [0, 0.1) is 0 Å². The molecule has 0 saturated heterocycles. The molecule has 2 rings (SSSR count). The van der Waals surface area contributed by atoms with Crippen LogP contribution in [0.1, 0.15) is 13.8 Å². The van der Waals surface area contributed by atoms with Crippen molar-refractivity contribution in [2.24, 2.45) is 5.11 Å². The largest absolute Gasteiger partial charge is 2.00 e. The smallest absolute Gasteiger partial charge is 1.00 e. The minimum absolute atomic E-state index is 0. The van der Waals surface area contributed by atoms with Crippen molar-refractivity contribution < 1.29 is 59.5 Å². The summed E-state index contributed by atoms with van der Waals surface area (Å²) in [5.41, 5.74) is 1.51. The maximum absolute atomic E-state index is 10.0. The first-order chi connectivity index (χ1) is 9.74. The Bertz CT molecular complexity index is 595. The number of hydrogen-bond donors (Lipinski definition) is 2. The summed E-state index contributed by atoms with van der Waals surface area (Å²) in [7, 11) is 0. The van der Waals surface area contributed by atoms with E-state index in [-0.39, 0.29) is 50.0 Å². The van der Waals surface area contributed by atoms with E-state index in [9.17, 15) is 5.11 Å². The van der Waals surface area contributed by atoms with Gasteiger partial charge in [-0.2, -0.15) is 4.98 Å². The molecule has 2 aromatic rings. The molecule has 1 aromatic carbocycles. The number of benzene rings is 1. The molecule has 0 aliphatic rings. The van der Waals surface area contributed by atoms with Gasteiger partial charge in [-0.25, -0.2) is 0 Å². The molecule has 120 valence electrons. The molecule has 0 atom stereocenters. The van der Waals surface area contributed by atoms with Gasteiger partial charge in [0, 0.05) is 36.0 Å². The van der Waals surface area contributed by atoms with Gasteiger partial charge in [0.15, 0.2) is 11.9 Å². The van der Waals surface area contributed by atoms with E-state index in [1.54, 1.807) is 18.3 Å². The van der Waals surface area contributed by atoms with Gasteiger partial charge in [-0.05, 0) is 37.2 Å². The minimum Gasteiger partial charge on any atom is -1.00 e. The summed E-state index contributed by atoms with van der Waals surface area (Å²) >= 11 is 0. The standard InChI is InChI=1S/C15H18N4O.2ClH.Zn/c1-3-19(4-2)12-8-9-13(14(20)11-12)17-18-15-7-5-6-10-16-15;;;/h5-11,20H,3-4H2,1-2H3;2*1H;/q;;;+2. The van der Waals surface area contributed by atoms with Crippen LogP contribution < -0.4 is 39.8 Å². The number of nitrogens with zero attached hydrogens (tertiary/aromatic N) is 2. The Kier molecular flexibility index (Phi) is 12.8. The molecule has 0 amide bonds. The van der Waals surface area contributed by atoms with Crippen LogP contribution in [0.3, 0.4) is 0 Å². The fourth-order valence-corrected chi connectivity index (χ4v) is 1.98. The number of H-pyrrole nitrogens is 1. The maximum Gasteiger partial charge on any atom is 2.00 e. The second-order valence-corrected chi connectivity index (χ2v) is 4.35. The molecule has 1 heterocycles. The number of nitrogens with one attached hydrogen (secondary N) is 2. The Morgan fingerprint density at radius 2 is 1.83 bits per heavy atom. The van der Waals surface area contributed by atoms with Crippen molar-refractivity contribution >= 4 is 17.2 Å². The second-order valence-electron chi connectivity index (χ2n) is 4.35. The van der Waals surface area contributed by atoms with Crippen molar-refractivity contribution in [3.8, 4) is 5.75 Å². The zero-order chi connectivity index (χ0) is 14.4. The van der Waals surface area contributed by atoms with E-state index in [2.05, 4.69) is 34.0 Å². The van der Waals surface area contributed by atoms with Crippen LogP contribution in [0.25, 0.3) is 0 Å². The van der Waals surface area contributed by atoms with Crippen LogP contribution in [-0.2, 0) is 19.5 Å². The fraction of sp³-hybridized carbons (Fsp3) is 0.267. The van der Waals surface area contributed by atoms with Gasteiger partial charge in [0.05, 0.1) is 6.07 Å². The van der Waals surface area contributed by atoms with Crippen LogP contribution in [0.2, 0.25) is 0 Å². The van der Waals surface area contributed by atoms with E-state index in [1.165, 1.54) is 0 Å². The second kappa shape index (κ2) is 12.2. The molecule has 0 fully saturated rings. The first kappa shape index (κ1) is 24.0. The molecule has 0 aliphatic carbocycles. The molecule has 23 heavy (non-hydrogen) atoms. The van der Waals surface area contributed by atoms with Crippen LogP contribution in [0.4, 0.5) is 17.2 Å². The summed E-state index contributed by atoms with van der Waals surface area (Å²) < 4.78 is 0. The number of pyridine rings is 1. The number of anilines is 1. The number of aromatic hydroxyl groups is 1. The zero-order valence-corrected chi connectivity index (χ0v) is 17.7. The number of halogens is 2. The first-order valence-electron chi connectivity index (χ1n) is 6.76. The summed E-state index contributed by atoms with van der Waals surface area (Å²) in [5.74, 6) is 0.928. The average Bonchev–Trinajstić information content (AvgIpc) is 2.49. The molecule has 0 bridgehead atoms. The molecule has 0 unspecified atom stereocenters. The molecule has 0 spiro atoms. The van der Waals surface area contributed by atoms with Crippen LogP contribution >= 0.6 is 0 Å². The quantitative estimate of drug-likeness (QED) is 0.387.